The van der Waals surface area contributed by atoms with Crippen molar-refractivity contribution in [2.45, 2.75) is 38.0 Å². The molecule has 0 spiro atoms. The van der Waals surface area contributed by atoms with Crippen LogP contribution in [0.5, 0.6) is 0 Å². The van der Waals surface area contributed by atoms with Gasteiger partial charge in [-0.2, -0.15) is 13.2 Å². The molecule has 1 fully saturated rings. The minimum atomic E-state index is -5.00. The van der Waals surface area contributed by atoms with Crippen LogP contribution in [0.25, 0.3) is 10.9 Å². The average Bonchev–Trinajstić information content (AvgIpc) is 3.25. The van der Waals surface area contributed by atoms with E-state index in [9.17, 15) is 31.5 Å². The minimum absolute atomic E-state index is 0.247. The lowest BCUT2D eigenvalue weighted by Gasteiger charge is -2.32. The third-order valence-corrected chi connectivity index (χ3v) is 6.61. The van der Waals surface area contributed by atoms with Crippen LogP contribution in [0.4, 0.5) is 22.0 Å². The topological polar surface area (TPSA) is 63.6 Å². The van der Waals surface area contributed by atoms with Crippen LogP contribution in [0.3, 0.4) is 0 Å². The van der Waals surface area contributed by atoms with Crippen molar-refractivity contribution in [2.24, 2.45) is 0 Å². The molecule has 198 valence electrons. The number of alkyl halides is 3. The van der Waals surface area contributed by atoms with E-state index in [2.05, 4.69) is 0 Å². The fourth-order valence-electron chi connectivity index (χ4n) is 4.71. The molecule has 4 rings (SSSR count). The predicted octanol–water partition coefficient (Wildman–Crippen LogP) is 4.76. The van der Waals surface area contributed by atoms with Gasteiger partial charge in [0.2, 0.25) is 0 Å². The van der Waals surface area contributed by atoms with Crippen molar-refractivity contribution in [3.8, 4) is 0 Å². The molecule has 11 heteroatoms. The summed E-state index contributed by atoms with van der Waals surface area (Å²) >= 11 is 0. The fourth-order valence-corrected chi connectivity index (χ4v) is 4.71. The standard InChI is InChI=1S/C26H26F5N3O3/c1-37-12-11-34-15-20(18-3-2-4-22(28)23(18)34)24(35)33-9-7-17(8-10-33)19-13-16(5-6-21(19)27)14-32-25(36)26(29,30)31/h2-6,13,15,17H,7-12,14H2,1H3,(H,32,36). The number of halogens is 5. The second-order valence-corrected chi connectivity index (χ2v) is 8.97. The number of likely N-dealkylation sites (tertiary alicyclic amines) is 1. The number of nitrogens with zero attached hydrogens (tertiary/aromatic N) is 2. The van der Waals surface area contributed by atoms with Gasteiger partial charge in [0.05, 0.1) is 17.7 Å². The molecule has 0 bridgehead atoms. The molecule has 0 aliphatic carbocycles. The molecule has 2 amide bonds. The molecular formula is C26H26F5N3O3. The average molecular weight is 524 g/mol. The summed E-state index contributed by atoms with van der Waals surface area (Å²) in [7, 11) is 1.54. The number of carbonyl (C=O) groups is 2. The van der Waals surface area contributed by atoms with Crippen LogP contribution in [0, 0.1) is 11.6 Å². The second kappa shape index (κ2) is 10.9. The zero-order chi connectivity index (χ0) is 26.7. The maximum atomic E-state index is 14.6. The molecule has 0 radical (unpaired) electrons. The Kier molecular flexibility index (Phi) is 7.82. The summed E-state index contributed by atoms with van der Waals surface area (Å²) in [6.07, 6.45) is -2.49. The minimum Gasteiger partial charge on any atom is -0.383 e. The molecule has 0 saturated carbocycles. The van der Waals surface area contributed by atoms with E-state index in [0.717, 1.165) is 0 Å². The molecule has 0 atom stereocenters. The Hall–Kier alpha value is -3.47. The van der Waals surface area contributed by atoms with E-state index in [1.54, 1.807) is 33.1 Å². The number of rotatable bonds is 7. The highest BCUT2D eigenvalue weighted by atomic mass is 19.4. The normalized spacial score (nSPS) is 14.8. The molecule has 6 nitrogen and oxygen atoms in total. The van der Waals surface area contributed by atoms with Crippen molar-refractivity contribution in [3.05, 3.63) is 70.9 Å². The zero-order valence-corrected chi connectivity index (χ0v) is 20.1. The van der Waals surface area contributed by atoms with Crippen molar-refractivity contribution in [1.29, 1.82) is 0 Å². The Balaban J connectivity index is 1.46. The number of para-hydroxylation sites is 1. The smallest absolute Gasteiger partial charge is 0.383 e. The molecule has 1 aliphatic heterocycles. The highest BCUT2D eigenvalue weighted by molar-refractivity contribution is 6.07. The number of hydrogen-bond donors (Lipinski definition) is 1. The van der Waals surface area contributed by atoms with Gasteiger partial charge in [-0.3, -0.25) is 9.59 Å². The van der Waals surface area contributed by atoms with E-state index in [0.29, 0.717) is 66.7 Å². The number of benzene rings is 2. The molecule has 1 aliphatic rings. The first-order chi connectivity index (χ1) is 17.6. The zero-order valence-electron chi connectivity index (χ0n) is 20.1. The number of hydrogen-bond acceptors (Lipinski definition) is 3. The van der Waals surface area contributed by atoms with Crippen molar-refractivity contribution in [3.63, 3.8) is 0 Å². The van der Waals surface area contributed by atoms with Crippen LogP contribution < -0.4 is 5.32 Å². The summed E-state index contributed by atoms with van der Waals surface area (Å²) in [4.78, 5) is 26.1. The Morgan fingerprint density at radius 1 is 1.08 bits per heavy atom. The van der Waals surface area contributed by atoms with E-state index in [1.165, 1.54) is 31.4 Å². The third-order valence-electron chi connectivity index (χ3n) is 6.61. The van der Waals surface area contributed by atoms with Gasteiger partial charge >= 0.3 is 12.1 Å². The SMILES string of the molecule is COCCn1cc(C(=O)N2CCC(c3cc(CNC(=O)C(F)(F)F)ccc3F)CC2)c2cccc(F)c21. The molecule has 3 aromatic rings. The molecule has 37 heavy (non-hydrogen) atoms. The van der Waals surface area contributed by atoms with Crippen molar-refractivity contribution in [1.82, 2.24) is 14.8 Å². The summed E-state index contributed by atoms with van der Waals surface area (Å²) < 4.78 is 73.2. The summed E-state index contributed by atoms with van der Waals surface area (Å²) in [5.41, 5.74) is 1.38. The maximum absolute atomic E-state index is 14.6. The number of piperidine rings is 1. The van der Waals surface area contributed by atoms with Crippen LogP contribution in [-0.2, 0) is 22.6 Å². The van der Waals surface area contributed by atoms with Crippen molar-refractivity contribution < 1.29 is 36.3 Å². The van der Waals surface area contributed by atoms with Gasteiger partial charge in [0.1, 0.15) is 11.6 Å². The van der Waals surface area contributed by atoms with Gasteiger partial charge in [-0.05, 0) is 42.0 Å². The van der Waals surface area contributed by atoms with E-state index in [-0.39, 0.29) is 18.4 Å². The number of fused-ring (bicyclic) bond motifs is 1. The van der Waals surface area contributed by atoms with Gasteiger partial charge in [-0.15, -0.1) is 0 Å². The Morgan fingerprint density at radius 3 is 2.49 bits per heavy atom. The molecular weight excluding hydrogens is 497 g/mol. The van der Waals surface area contributed by atoms with Crippen LogP contribution in [0.1, 0.15) is 40.2 Å². The van der Waals surface area contributed by atoms with Gasteiger partial charge in [-0.25, -0.2) is 8.78 Å². The first-order valence-corrected chi connectivity index (χ1v) is 11.8. The van der Waals surface area contributed by atoms with E-state index < -0.39 is 23.7 Å². The Labute approximate surface area is 210 Å². The molecule has 2 heterocycles. The number of ether oxygens (including phenoxy) is 1. The lowest BCUT2D eigenvalue weighted by molar-refractivity contribution is -0.173. The Bertz CT molecular complexity index is 1300. The number of nitrogens with one attached hydrogen (secondary N) is 1. The van der Waals surface area contributed by atoms with Gasteiger partial charge < -0.3 is 19.5 Å². The molecule has 1 saturated heterocycles. The quantitative estimate of drug-likeness (QED) is 0.454. The number of methoxy groups -OCH3 is 1. The largest absolute Gasteiger partial charge is 0.471 e. The third kappa shape index (κ3) is 5.76. The van der Waals surface area contributed by atoms with Gasteiger partial charge in [0, 0.05) is 44.9 Å². The first kappa shape index (κ1) is 26.6. The lowest BCUT2D eigenvalue weighted by Crippen LogP contribution is -2.38. The second-order valence-electron chi connectivity index (χ2n) is 8.97. The number of amides is 2. The van der Waals surface area contributed by atoms with Crippen LogP contribution in [0.2, 0.25) is 0 Å². The molecule has 1 N–H and O–H groups in total. The molecule has 2 aromatic carbocycles. The summed E-state index contributed by atoms with van der Waals surface area (Å²) in [6, 6.07) is 8.54. The summed E-state index contributed by atoms with van der Waals surface area (Å²) in [6.45, 7) is 1.01. The van der Waals surface area contributed by atoms with Crippen LogP contribution in [0.15, 0.2) is 42.6 Å². The Morgan fingerprint density at radius 2 is 1.81 bits per heavy atom. The summed E-state index contributed by atoms with van der Waals surface area (Å²) in [5.74, 6) is -3.49. The monoisotopic (exact) mass is 523 g/mol. The first-order valence-electron chi connectivity index (χ1n) is 11.8. The van der Waals surface area contributed by atoms with Crippen LogP contribution >= 0.6 is 0 Å². The van der Waals surface area contributed by atoms with E-state index in [4.69, 9.17) is 4.74 Å². The predicted molar refractivity (Wildman–Crippen MR) is 126 cm³/mol. The van der Waals surface area contributed by atoms with Gasteiger partial charge in [-0.1, -0.05) is 24.3 Å². The fraction of sp³-hybridized carbons (Fsp3) is 0.385. The number of aromatic nitrogens is 1. The number of carbonyl (C=O) groups excluding carboxylic acids is 2. The van der Waals surface area contributed by atoms with Crippen molar-refractivity contribution in [2.75, 3.05) is 26.8 Å². The van der Waals surface area contributed by atoms with E-state index >= 15 is 0 Å². The van der Waals surface area contributed by atoms with Crippen molar-refractivity contribution >= 4 is 22.7 Å². The van der Waals surface area contributed by atoms with Crippen LogP contribution in [-0.4, -0.2) is 54.3 Å². The molecule has 1 aromatic heterocycles. The van der Waals surface area contributed by atoms with Gasteiger partial charge in [0.15, 0.2) is 0 Å². The highest BCUT2D eigenvalue weighted by Gasteiger charge is 2.38. The van der Waals surface area contributed by atoms with Gasteiger partial charge in [0.25, 0.3) is 5.91 Å². The highest BCUT2D eigenvalue weighted by Crippen LogP contribution is 2.32. The summed E-state index contributed by atoms with van der Waals surface area (Å²) in [5, 5.41) is 2.29. The van der Waals surface area contributed by atoms with E-state index in [1.807, 2.05) is 0 Å². The maximum Gasteiger partial charge on any atom is 0.471 e. The lowest BCUT2D eigenvalue weighted by atomic mass is 9.88. The molecule has 0 unspecified atom stereocenters.